The lowest BCUT2D eigenvalue weighted by molar-refractivity contribution is -0.200. The molecule has 0 bridgehead atoms. The fourth-order valence-electron chi connectivity index (χ4n) is 4.75. The lowest BCUT2D eigenvalue weighted by atomic mass is 9.78. The molecule has 1 heterocycles. The number of rotatable bonds is 1. The highest BCUT2D eigenvalue weighted by atomic mass is 35.5. The van der Waals surface area contributed by atoms with Crippen LogP contribution in [0.5, 0.6) is 0 Å². The first-order chi connectivity index (χ1) is 10.4. The third-order valence-corrected chi connectivity index (χ3v) is 5.97. The Balaban J connectivity index is 0.00000192. The first kappa shape index (κ1) is 18.8. The Morgan fingerprint density at radius 2 is 1.70 bits per heavy atom. The van der Waals surface area contributed by atoms with Crippen molar-refractivity contribution in [1.29, 1.82) is 0 Å². The van der Waals surface area contributed by atoms with Gasteiger partial charge in [-0.25, -0.2) is 0 Å². The number of nitrogens with two attached hydrogens (primary N) is 1. The first-order valence-electron chi connectivity index (χ1n) is 8.49. The topological polar surface area (TPSA) is 46.3 Å². The summed E-state index contributed by atoms with van der Waals surface area (Å²) in [6.07, 6.45) is 0.601. The number of hydrogen-bond donors (Lipinski definition) is 1. The standard InChI is InChI=1S/C16H25F3N2O.ClH/c17-16(18,19)13-6-2-1-5-11(13)15(22)21-8-10-4-3-7-14(20)12(10)9-21;/h10-14H,1-9,20H2;1H. The maximum Gasteiger partial charge on any atom is 0.392 e. The number of amides is 1. The number of halogens is 4. The maximum absolute atomic E-state index is 13.2. The lowest BCUT2D eigenvalue weighted by Gasteiger charge is -2.34. The maximum atomic E-state index is 13.2. The summed E-state index contributed by atoms with van der Waals surface area (Å²) in [6.45, 7) is 1.17. The highest BCUT2D eigenvalue weighted by Crippen LogP contribution is 2.44. The van der Waals surface area contributed by atoms with E-state index in [0.717, 1.165) is 25.7 Å². The highest BCUT2D eigenvalue weighted by Gasteiger charge is 2.50. The molecule has 1 saturated heterocycles. The summed E-state index contributed by atoms with van der Waals surface area (Å²) in [5, 5.41) is 0. The van der Waals surface area contributed by atoms with Crippen LogP contribution in [0.4, 0.5) is 13.2 Å². The Labute approximate surface area is 141 Å². The average Bonchev–Trinajstić information content (AvgIpc) is 2.91. The predicted octanol–water partition coefficient (Wildman–Crippen LogP) is 3.36. The van der Waals surface area contributed by atoms with Gasteiger partial charge in [0.25, 0.3) is 0 Å². The second kappa shape index (κ2) is 7.18. The Kier molecular flexibility index (Phi) is 5.88. The zero-order valence-electron chi connectivity index (χ0n) is 13.2. The van der Waals surface area contributed by atoms with Crippen LogP contribution in [-0.4, -0.2) is 36.1 Å². The molecule has 0 radical (unpaired) electrons. The molecule has 3 aliphatic rings. The van der Waals surface area contributed by atoms with Gasteiger partial charge in [-0.2, -0.15) is 13.2 Å². The van der Waals surface area contributed by atoms with E-state index in [4.69, 9.17) is 5.73 Å². The molecule has 3 nitrogen and oxygen atoms in total. The van der Waals surface area contributed by atoms with E-state index in [1.54, 1.807) is 4.90 Å². The van der Waals surface area contributed by atoms with Gasteiger partial charge in [0.05, 0.1) is 5.92 Å². The molecule has 0 spiro atoms. The molecule has 0 aromatic carbocycles. The minimum absolute atomic E-state index is 0. The second-order valence-electron chi connectivity index (χ2n) is 7.30. The molecule has 2 aliphatic carbocycles. The van der Waals surface area contributed by atoms with Crippen LogP contribution in [0, 0.1) is 23.7 Å². The van der Waals surface area contributed by atoms with Crippen molar-refractivity contribution in [2.24, 2.45) is 29.4 Å². The van der Waals surface area contributed by atoms with Gasteiger partial charge in [0.15, 0.2) is 0 Å². The lowest BCUT2D eigenvalue weighted by Crippen LogP contribution is -2.44. The van der Waals surface area contributed by atoms with Crippen LogP contribution in [0.3, 0.4) is 0 Å². The van der Waals surface area contributed by atoms with Gasteiger partial charge in [-0.05, 0) is 37.5 Å². The summed E-state index contributed by atoms with van der Waals surface area (Å²) in [4.78, 5) is 14.4. The summed E-state index contributed by atoms with van der Waals surface area (Å²) in [5.41, 5.74) is 6.14. The Hall–Kier alpha value is -0.490. The molecule has 1 amide bonds. The molecule has 2 saturated carbocycles. The number of nitrogens with zero attached hydrogens (tertiary/aromatic N) is 1. The minimum Gasteiger partial charge on any atom is -0.342 e. The van der Waals surface area contributed by atoms with E-state index in [0.29, 0.717) is 31.8 Å². The molecular weight excluding hydrogens is 329 g/mol. The molecule has 5 unspecified atom stereocenters. The van der Waals surface area contributed by atoms with Crippen LogP contribution in [0.15, 0.2) is 0 Å². The number of alkyl halides is 3. The Morgan fingerprint density at radius 1 is 1.00 bits per heavy atom. The van der Waals surface area contributed by atoms with Crippen molar-refractivity contribution in [2.45, 2.75) is 57.2 Å². The fourth-order valence-corrected chi connectivity index (χ4v) is 4.75. The summed E-state index contributed by atoms with van der Waals surface area (Å²) in [6, 6.07) is 0.0984. The number of carbonyl (C=O) groups is 1. The van der Waals surface area contributed by atoms with Crippen LogP contribution in [0.1, 0.15) is 44.9 Å². The largest absolute Gasteiger partial charge is 0.392 e. The van der Waals surface area contributed by atoms with E-state index in [1.807, 2.05) is 0 Å². The number of carbonyl (C=O) groups excluding carboxylic acids is 1. The average molecular weight is 355 g/mol. The Bertz CT molecular complexity index is 432. The van der Waals surface area contributed by atoms with Gasteiger partial charge < -0.3 is 10.6 Å². The molecule has 134 valence electrons. The molecular formula is C16H26ClF3N2O. The van der Waals surface area contributed by atoms with E-state index in [2.05, 4.69) is 0 Å². The zero-order chi connectivity index (χ0) is 15.9. The van der Waals surface area contributed by atoms with Crippen molar-refractivity contribution in [2.75, 3.05) is 13.1 Å². The second-order valence-corrected chi connectivity index (χ2v) is 7.30. The van der Waals surface area contributed by atoms with E-state index in [-0.39, 0.29) is 36.7 Å². The van der Waals surface area contributed by atoms with Crippen molar-refractivity contribution >= 4 is 18.3 Å². The van der Waals surface area contributed by atoms with E-state index >= 15 is 0 Å². The highest BCUT2D eigenvalue weighted by molar-refractivity contribution is 5.85. The van der Waals surface area contributed by atoms with Gasteiger partial charge in [-0.15, -0.1) is 12.4 Å². The van der Waals surface area contributed by atoms with Crippen molar-refractivity contribution in [1.82, 2.24) is 4.90 Å². The molecule has 5 atom stereocenters. The number of fused-ring (bicyclic) bond motifs is 1. The van der Waals surface area contributed by atoms with E-state index in [1.165, 1.54) is 0 Å². The normalized spacial score (nSPS) is 37.9. The van der Waals surface area contributed by atoms with E-state index in [9.17, 15) is 18.0 Å². The molecule has 7 heteroatoms. The van der Waals surface area contributed by atoms with Crippen LogP contribution in [-0.2, 0) is 4.79 Å². The SMILES string of the molecule is Cl.NC1CCCC2CN(C(=O)C3CCCCC3C(F)(F)F)CC12. The van der Waals surface area contributed by atoms with Crippen molar-refractivity contribution in [3.63, 3.8) is 0 Å². The van der Waals surface area contributed by atoms with Gasteiger partial charge in [0.1, 0.15) is 0 Å². The van der Waals surface area contributed by atoms with Gasteiger partial charge in [-0.1, -0.05) is 19.3 Å². The van der Waals surface area contributed by atoms with Gasteiger partial charge in [0.2, 0.25) is 5.91 Å². The van der Waals surface area contributed by atoms with Crippen LogP contribution >= 0.6 is 12.4 Å². The molecule has 2 N–H and O–H groups in total. The van der Waals surface area contributed by atoms with Gasteiger partial charge in [0, 0.05) is 25.0 Å². The fraction of sp³-hybridized carbons (Fsp3) is 0.938. The van der Waals surface area contributed by atoms with Crippen molar-refractivity contribution < 1.29 is 18.0 Å². The minimum atomic E-state index is -4.26. The summed E-state index contributed by atoms with van der Waals surface area (Å²) in [5.74, 6) is -1.93. The molecule has 3 fully saturated rings. The van der Waals surface area contributed by atoms with Crippen molar-refractivity contribution in [3.05, 3.63) is 0 Å². The van der Waals surface area contributed by atoms with Crippen LogP contribution in [0.25, 0.3) is 0 Å². The summed E-state index contributed by atoms with van der Waals surface area (Å²) >= 11 is 0. The Morgan fingerprint density at radius 3 is 2.35 bits per heavy atom. The number of hydrogen-bond acceptors (Lipinski definition) is 2. The molecule has 1 aliphatic heterocycles. The van der Waals surface area contributed by atoms with Gasteiger partial charge >= 0.3 is 6.18 Å². The third-order valence-electron chi connectivity index (χ3n) is 5.97. The molecule has 0 aromatic heterocycles. The molecule has 3 rings (SSSR count). The molecule has 23 heavy (non-hydrogen) atoms. The monoisotopic (exact) mass is 354 g/mol. The predicted molar refractivity (Wildman–Crippen MR) is 84.1 cm³/mol. The van der Waals surface area contributed by atoms with Gasteiger partial charge in [-0.3, -0.25) is 4.79 Å². The van der Waals surface area contributed by atoms with Crippen LogP contribution in [0.2, 0.25) is 0 Å². The molecule has 0 aromatic rings. The summed E-state index contributed by atoms with van der Waals surface area (Å²) in [7, 11) is 0. The first-order valence-corrected chi connectivity index (χ1v) is 8.49. The van der Waals surface area contributed by atoms with E-state index < -0.39 is 18.0 Å². The number of likely N-dealkylation sites (tertiary alicyclic amines) is 1. The quantitative estimate of drug-likeness (QED) is 0.784. The van der Waals surface area contributed by atoms with Crippen molar-refractivity contribution in [3.8, 4) is 0 Å². The van der Waals surface area contributed by atoms with Crippen LogP contribution < -0.4 is 5.73 Å². The summed E-state index contributed by atoms with van der Waals surface area (Å²) < 4.78 is 39.6. The third kappa shape index (κ3) is 3.78. The zero-order valence-corrected chi connectivity index (χ0v) is 14.0. The smallest absolute Gasteiger partial charge is 0.342 e.